The fourth-order valence-corrected chi connectivity index (χ4v) is 2.53. The minimum Gasteiger partial charge on any atom is -0.399 e. The highest BCUT2D eigenvalue weighted by atomic mass is 35.5. The topological polar surface area (TPSA) is 29.3 Å². The Hall–Kier alpha value is -0.600. The fraction of sp³-hybridized carbons (Fsp3) is 0.500. The van der Waals surface area contributed by atoms with Crippen LogP contribution in [0.3, 0.4) is 0 Å². The van der Waals surface area contributed by atoms with Gasteiger partial charge in [0.05, 0.1) is 15.7 Å². The van der Waals surface area contributed by atoms with Crippen LogP contribution in [-0.4, -0.2) is 13.6 Å². The Kier molecular flexibility index (Phi) is 3.97. The molecule has 1 aromatic carbocycles. The molecule has 0 bridgehead atoms. The van der Waals surface area contributed by atoms with Gasteiger partial charge in [0.15, 0.2) is 0 Å². The summed E-state index contributed by atoms with van der Waals surface area (Å²) in [5.74, 6) is 0. The molecule has 0 radical (unpaired) electrons. The van der Waals surface area contributed by atoms with Crippen molar-refractivity contribution in [3.63, 3.8) is 0 Å². The van der Waals surface area contributed by atoms with Crippen molar-refractivity contribution in [2.45, 2.75) is 20.8 Å². The van der Waals surface area contributed by atoms with Crippen LogP contribution in [0.1, 0.15) is 20.8 Å². The molecule has 0 heterocycles. The van der Waals surface area contributed by atoms with Crippen LogP contribution in [0.4, 0.5) is 11.4 Å². The zero-order valence-electron chi connectivity index (χ0n) is 10.1. The second-order valence-corrected chi connectivity index (χ2v) is 6.06. The zero-order chi connectivity index (χ0) is 12.5. The summed E-state index contributed by atoms with van der Waals surface area (Å²) in [6.07, 6.45) is 0. The van der Waals surface area contributed by atoms with Gasteiger partial charge in [-0.3, -0.25) is 0 Å². The highest BCUT2D eigenvalue weighted by Crippen LogP contribution is 2.36. The third-order valence-electron chi connectivity index (χ3n) is 2.13. The molecule has 4 heteroatoms. The third-order valence-corrected chi connectivity index (χ3v) is 2.71. The molecule has 0 aromatic heterocycles. The molecule has 0 atom stereocenters. The van der Waals surface area contributed by atoms with Gasteiger partial charge in [-0.2, -0.15) is 0 Å². The number of rotatable bonds is 2. The Bertz CT molecular complexity index is 360. The first-order valence-corrected chi connectivity index (χ1v) is 5.92. The molecule has 0 aliphatic rings. The second kappa shape index (κ2) is 4.72. The van der Waals surface area contributed by atoms with E-state index in [1.54, 1.807) is 12.1 Å². The van der Waals surface area contributed by atoms with E-state index in [1.165, 1.54) is 0 Å². The summed E-state index contributed by atoms with van der Waals surface area (Å²) in [5.41, 5.74) is 7.28. The third kappa shape index (κ3) is 3.46. The van der Waals surface area contributed by atoms with Gasteiger partial charge >= 0.3 is 0 Å². The van der Waals surface area contributed by atoms with Gasteiger partial charge in [0.25, 0.3) is 0 Å². The number of benzene rings is 1. The fourth-order valence-electron chi connectivity index (χ4n) is 1.74. The van der Waals surface area contributed by atoms with E-state index in [1.807, 2.05) is 7.05 Å². The normalized spacial score (nSPS) is 11.6. The molecule has 0 amide bonds. The quantitative estimate of drug-likeness (QED) is 0.813. The molecule has 2 nitrogen and oxygen atoms in total. The van der Waals surface area contributed by atoms with E-state index in [2.05, 4.69) is 25.7 Å². The van der Waals surface area contributed by atoms with E-state index in [0.717, 1.165) is 12.2 Å². The average molecular weight is 261 g/mol. The van der Waals surface area contributed by atoms with Gasteiger partial charge in [0.2, 0.25) is 0 Å². The van der Waals surface area contributed by atoms with Crippen LogP contribution in [-0.2, 0) is 0 Å². The van der Waals surface area contributed by atoms with Crippen molar-refractivity contribution in [3.8, 4) is 0 Å². The Morgan fingerprint density at radius 2 is 1.62 bits per heavy atom. The lowest BCUT2D eigenvalue weighted by Gasteiger charge is -2.29. The highest BCUT2D eigenvalue weighted by molar-refractivity contribution is 6.39. The molecule has 0 aliphatic carbocycles. The van der Waals surface area contributed by atoms with E-state index in [0.29, 0.717) is 15.7 Å². The first-order chi connectivity index (χ1) is 7.20. The van der Waals surface area contributed by atoms with Gasteiger partial charge in [-0.1, -0.05) is 44.0 Å². The molecular formula is C12H18Cl2N2. The van der Waals surface area contributed by atoms with E-state index >= 15 is 0 Å². The van der Waals surface area contributed by atoms with Crippen LogP contribution in [0.25, 0.3) is 0 Å². The lowest BCUT2D eigenvalue weighted by atomic mass is 9.96. The van der Waals surface area contributed by atoms with E-state index in [9.17, 15) is 0 Å². The van der Waals surface area contributed by atoms with Gasteiger partial charge in [-0.15, -0.1) is 0 Å². The Balaban J connectivity index is 3.04. The van der Waals surface area contributed by atoms with Crippen LogP contribution < -0.4 is 10.6 Å². The maximum Gasteiger partial charge on any atom is 0.0744 e. The second-order valence-electron chi connectivity index (χ2n) is 5.25. The van der Waals surface area contributed by atoms with Crippen molar-refractivity contribution in [1.29, 1.82) is 0 Å². The molecule has 0 fully saturated rings. The number of hydrogen-bond acceptors (Lipinski definition) is 2. The van der Waals surface area contributed by atoms with Gasteiger partial charge in [0.1, 0.15) is 0 Å². The SMILES string of the molecule is CN(CC(C)(C)C)c1c(Cl)cc(N)cc1Cl. The number of nitrogen functional groups attached to an aromatic ring is 1. The zero-order valence-corrected chi connectivity index (χ0v) is 11.7. The molecule has 2 N–H and O–H groups in total. The first-order valence-electron chi connectivity index (χ1n) is 5.16. The van der Waals surface area contributed by atoms with Gasteiger partial charge in [-0.25, -0.2) is 0 Å². The Labute approximate surface area is 107 Å². The molecule has 1 aromatic rings. The molecule has 0 aliphatic heterocycles. The Morgan fingerprint density at radius 1 is 1.19 bits per heavy atom. The summed E-state index contributed by atoms with van der Waals surface area (Å²) in [6.45, 7) is 7.38. The molecule has 0 spiro atoms. The highest BCUT2D eigenvalue weighted by Gasteiger charge is 2.18. The number of nitrogens with two attached hydrogens (primary N) is 1. The minimum atomic E-state index is 0.183. The van der Waals surface area contributed by atoms with Crippen LogP contribution in [0.5, 0.6) is 0 Å². The maximum atomic E-state index is 6.15. The summed E-state index contributed by atoms with van der Waals surface area (Å²) in [5, 5.41) is 1.19. The number of nitrogens with zero attached hydrogens (tertiary/aromatic N) is 1. The number of halogens is 2. The summed E-state index contributed by atoms with van der Waals surface area (Å²) in [7, 11) is 1.98. The van der Waals surface area contributed by atoms with Crippen LogP contribution in [0, 0.1) is 5.41 Å². The largest absolute Gasteiger partial charge is 0.399 e. The summed E-state index contributed by atoms with van der Waals surface area (Å²) < 4.78 is 0. The minimum absolute atomic E-state index is 0.183. The van der Waals surface area contributed by atoms with Crippen molar-refractivity contribution in [3.05, 3.63) is 22.2 Å². The molecule has 0 saturated heterocycles. The van der Waals surface area contributed by atoms with Crippen molar-refractivity contribution in [1.82, 2.24) is 0 Å². The molecule has 1 rings (SSSR count). The Morgan fingerprint density at radius 3 is 2.00 bits per heavy atom. The van der Waals surface area contributed by atoms with Crippen LogP contribution in [0.15, 0.2) is 12.1 Å². The lowest BCUT2D eigenvalue weighted by molar-refractivity contribution is 0.419. The van der Waals surface area contributed by atoms with Crippen molar-refractivity contribution < 1.29 is 0 Å². The van der Waals surface area contributed by atoms with Crippen LogP contribution in [0.2, 0.25) is 10.0 Å². The lowest BCUT2D eigenvalue weighted by Crippen LogP contribution is -2.29. The molecule has 0 saturated carbocycles. The van der Waals surface area contributed by atoms with Crippen molar-refractivity contribution in [2.24, 2.45) is 5.41 Å². The van der Waals surface area contributed by atoms with E-state index in [4.69, 9.17) is 28.9 Å². The predicted molar refractivity (Wildman–Crippen MR) is 73.6 cm³/mol. The molecular weight excluding hydrogens is 243 g/mol. The monoisotopic (exact) mass is 260 g/mol. The predicted octanol–water partition coefficient (Wildman–Crippen LogP) is 4.06. The molecule has 0 unspecified atom stereocenters. The number of anilines is 2. The maximum absolute atomic E-state index is 6.15. The van der Waals surface area contributed by atoms with Gasteiger partial charge < -0.3 is 10.6 Å². The average Bonchev–Trinajstić information content (AvgIpc) is 1.96. The molecule has 90 valence electrons. The van der Waals surface area contributed by atoms with E-state index < -0.39 is 0 Å². The van der Waals surface area contributed by atoms with E-state index in [-0.39, 0.29) is 5.41 Å². The standard InChI is InChI=1S/C12H18Cl2N2/c1-12(2,3)7-16(4)11-9(13)5-8(15)6-10(11)14/h5-6H,7,15H2,1-4H3. The summed E-state index contributed by atoms with van der Waals surface area (Å²) in [4.78, 5) is 2.06. The molecule has 16 heavy (non-hydrogen) atoms. The summed E-state index contributed by atoms with van der Waals surface area (Å²) >= 11 is 12.3. The smallest absolute Gasteiger partial charge is 0.0744 e. The number of hydrogen-bond donors (Lipinski definition) is 1. The van der Waals surface area contributed by atoms with Gasteiger partial charge in [-0.05, 0) is 17.5 Å². The first kappa shape index (κ1) is 13.5. The van der Waals surface area contributed by atoms with Crippen LogP contribution >= 0.6 is 23.2 Å². The summed E-state index contributed by atoms with van der Waals surface area (Å²) in [6, 6.07) is 3.45. The van der Waals surface area contributed by atoms with Crippen molar-refractivity contribution >= 4 is 34.6 Å². The van der Waals surface area contributed by atoms with Gasteiger partial charge in [0, 0.05) is 19.3 Å². The van der Waals surface area contributed by atoms with Crippen molar-refractivity contribution in [2.75, 3.05) is 24.2 Å².